The first-order valence-corrected chi connectivity index (χ1v) is 10.3. The Bertz CT molecular complexity index is 885. The van der Waals surface area contributed by atoms with Crippen LogP contribution >= 0.6 is 46.6 Å². The highest BCUT2D eigenvalue weighted by Crippen LogP contribution is 2.40. The number of benzene rings is 1. The van der Waals surface area contributed by atoms with Crippen molar-refractivity contribution in [3.8, 4) is 0 Å². The van der Waals surface area contributed by atoms with Gasteiger partial charge in [-0.1, -0.05) is 46.6 Å². The summed E-state index contributed by atoms with van der Waals surface area (Å²) in [5.74, 6) is 0.622. The Morgan fingerprint density at radius 3 is 2.56 bits per heavy atom. The Morgan fingerprint density at radius 2 is 1.89 bits per heavy atom. The molecule has 0 spiro atoms. The van der Waals surface area contributed by atoms with Gasteiger partial charge in [0.25, 0.3) is 0 Å². The van der Waals surface area contributed by atoms with Crippen molar-refractivity contribution in [1.82, 2.24) is 14.8 Å². The number of carbonyl (C=O) groups is 2. The highest BCUT2D eigenvalue weighted by atomic mass is 35.5. The number of halogens is 3. The normalized spacial score (nSPS) is 13.6. The average Bonchev–Trinajstić information content (AvgIpc) is 3.36. The number of thioether (sulfide) groups is 1. The highest BCUT2D eigenvalue weighted by molar-refractivity contribution is 7.99. The van der Waals surface area contributed by atoms with E-state index >= 15 is 0 Å². The van der Waals surface area contributed by atoms with Gasteiger partial charge >= 0.3 is 0 Å². The average molecular weight is 449 g/mol. The SMILES string of the molecule is NC(=O)CCn1c(SCC(=O)Nc2cc(Cl)c(Cl)cc2Cl)nnc1C1CC1. The number of anilines is 1. The second kappa shape index (κ2) is 8.68. The van der Waals surface area contributed by atoms with Crippen molar-refractivity contribution in [2.45, 2.75) is 36.9 Å². The Balaban J connectivity index is 1.65. The number of nitrogens with two attached hydrogens (primary N) is 1. The van der Waals surface area contributed by atoms with Crippen LogP contribution in [0.25, 0.3) is 0 Å². The number of hydrogen-bond donors (Lipinski definition) is 2. The maximum absolute atomic E-state index is 12.3. The van der Waals surface area contributed by atoms with E-state index in [0.717, 1.165) is 18.7 Å². The lowest BCUT2D eigenvalue weighted by atomic mass is 10.3. The lowest BCUT2D eigenvalue weighted by molar-refractivity contribution is -0.118. The summed E-state index contributed by atoms with van der Waals surface area (Å²) in [7, 11) is 0. The molecule has 1 aliphatic carbocycles. The van der Waals surface area contributed by atoms with Gasteiger partial charge in [0.15, 0.2) is 5.16 Å². The lowest BCUT2D eigenvalue weighted by Gasteiger charge is -2.10. The van der Waals surface area contributed by atoms with E-state index in [2.05, 4.69) is 15.5 Å². The number of nitrogens with zero attached hydrogens (tertiary/aromatic N) is 3. The largest absolute Gasteiger partial charge is 0.370 e. The fraction of sp³-hybridized carbons (Fsp3) is 0.375. The molecule has 27 heavy (non-hydrogen) atoms. The second-order valence-electron chi connectivity index (χ2n) is 6.07. The van der Waals surface area contributed by atoms with Gasteiger partial charge in [-0.2, -0.15) is 0 Å². The summed E-state index contributed by atoms with van der Waals surface area (Å²) in [6.07, 6.45) is 2.29. The van der Waals surface area contributed by atoms with E-state index in [1.54, 1.807) is 0 Å². The minimum Gasteiger partial charge on any atom is -0.370 e. The molecule has 1 aliphatic rings. The van der Waals surface area contributed by atoms with E-state index in [0.29, 0.717) is 38.4 Å². The minimum absolute atomic E-state index is 0.0932. The topological polar surface area (TPSA) is 103 Å². The van der Waals surface area contributed by atoms with Crippen LogP contribution in [0.4, 0.5) is 5.69 Å². The summed E-state index contributed by atoms with van der Waals surface area (Å²) in [6, 6.07) is 2.96. The molecule has 1 heterocycles. The third-order valence-corrected chi connectivity index (χ3v) is 5.89. The van der Waals surface area contributed by atoms with Crippen molar-refractivity contribution in [3.05, 3.63) is 33.0 Å². The van der Waals surface area contributed by atoms with Gasteiger partial charge in [-0.15, -0.1) is 10.2 Å². The van der Waals surface area contributed by atoms with Gasteiger partial charge in [0.05, 0.1) is 26.5 Å². The molecule has 1 saturated carbocycles. The summed E-state index contributed by atoms with van der Waals surface area (Å²) in [4.78, 5) is 23.4. The van der Waals surface area contributed by atoms with Crippen molar-refractivity contribution in [1.29, 1.82) is 0 Å². The smallest absolute Gasteiger partial charge is 0.234 e. The molecule has 7 nitrogen and oxygen atoms in total. The summed E-state index contributed by atoms with van der Waals surface area (Å²) in [5.41, 5.74) is 5.63. The maximum Gasteiger partial charge on any atom is 0.234 e. The number of rotatable bonds is 8. The molecule has 1 aromatic carbocycles. The molecule has 0 saturated heterocycles. The molecule has 2 aromatic rings. The molecule has 3 rings (SSSR count). The number of nitrogens with one attached hydrogen (secondary N) is 1. The molecule has 144 valence electrons. The molecular formula is C16H16Cl3N5O2S. The van der Waals surface area contributed by atoms with Gasteiger partial charge in [0, 0.05) is 18.9 Å². The standard InChI is InChI=1S/C16H16Cl3N5O2S/c17-9-5-11(19)12(6-10(9)18)21-14(26)7-27-16-23-22-15(8-1-2-8)24(16)4-3-13(20)25/h5-6,8H,1-4,7H2,(H2,20,25)(H,21,26). The van der Waals surface area contributed by atoms with Crippen molar-refractivity contribution in [3.63, 3.8) is 0 Å². The van der Waals surface area contributed by atoms with Gasteiger partial charge in [0.1, 0.15) is 5.82 Å². The number of aromatic nitrogens is 3. The van der Waals surface area contributed by atoms with E-state index in [9.17, 15) is 9.59 Å². The fourth-order valence-corrected chi connectivity index (χ4v) is 3.78. The van der Waals surface area contributed by atoms with E-state index in [4.69, 9.17) is 40.5 Å². The molecule has 1 fully saturated rings. The number of primary amides is 1. The van der Waals surface area contributed by atoms with Crippen LogP contribution in [0.15, 0.2) is 17.3 Å². The van der Waals surface area contributed by atoms with Crippen LogP contribution in [0.1, 0.15) is 31.0 Å². The molecule has 0 radical (unpaired) electrons. The summed E-state index contributed by atoms with van der Waals surface area (Å²) in [5, 5.41) is 12.5. The highest BCUT2D eigenvalue weighted by Gasteiger charge is 2.30. The van der Waals surface area contributed by atoms with Crippen LogP contribution in [0.2, 0.25) is 15.1 Å². The van der Waals surface area contributed by atoms with Gasteiger partial charge < -0.3 is 15.6 Å². The molecular weight excluding hydrogens is 433 g/mol. The van der Waals surface area contributed by atoms with Gasteiger partial charge in [-0.05, 0) is 25.0 Å². The molecule has 0 unspecified atom stereocenters. The summed E-state index contributed by atoms with van der Waals surface area (Å²) >= 11 is 19.1. The van der Waals surface area contributed by atoms with Crippen LogP contribution in [-0.4, -0.2) is 32.3 Å². The third kappa shape index (κ3) is 5.28. The Kier molecular flexibility index (Phi) is 6.52. The zero-order valence-electron chi connectivity index (χ0n) is 14.0. The van der Waals surface area contributed by atoms with Crippen LogP contribution in [0.5, 0.6) is 0 Å². The van der Waals surface area contributed by atoms with Gasteiger partial charge in [-0.3, -0.25) is 9.59 Å². The van der Waals surface area contributed by atoms with Crippen molar-refractivity contribution < 1.29 is 9.59 Å². The van der Waals surface area contributed by atoms with Crippen molar-refractivity contribution in [2.24, 2.45) is 5.73 Å². The molecule has 0 aliphatic heterocycles. The molecule has 2 amide bonds. The number of carbonyl (C=O) groups excluding carboxylic acids is 2. The summed E-state index contributed by atoms with van der Waals surface area (Å²) in [6.45, 7) is 0.400. The van der Waals surface area contributed by atoms with Crippen LogP contribution in [-0.2, 0) is 16.1 Å². The quantitative estimate of drug-likeness (QED) is 0.473. The van der Waals surface area contributed by atoms with Crippen LogP contribution < -0.4 is 11.1 Å². The Morgan fingerprint density at radius 1 is 1.19 bits per heavy atom. The number of hydrogen-bond acceptors (Lipinski definition) is 5. The lowest BCUT2D eigenvalue weighted by Crippen LogP contribution is -2.17. The van der Waals surface area contributed by atoms with Crippen LogP contribution in [0, 0.1) is 0 Å². The van der Waals surface area contributed by atoms with E-state index in [1.807, 2.05) is 4.57 Å². The minimum atomic E-state index is -0.395. The summed E-state index contributed by atoms with van der Waals surface area (Å²) < 4.78 is 1.87. The second-order valence-corrected chi connectivity index (χ2v) is 8.23. The third-order valence-electron chi connectivity index (χ3n) is 3.89. The van der Waals surface area contributed by atoms with E-state index < -0.39 is 5.91 Å². The predicted octanol–water partition coefficient (Wildman–Crippen LogP) is 3.72. The zero-order valence-corrected chi connectivity index (χ0v) is 17.1. The first kappa shape index (κ1) is 20.3. The fourth-order valence-electron chi connectivity index (χ4n) is 2.42. The molecule has 0 atom stereocenters. The van der Waals surface area contributed by atoms with Crippen molar-refractivity contribution in [2.75, 3.05) is 11.1 Å². The first-order valence-electron chi connectivity index (χ1n) is 8.13. The first-order chi connectivity index (χ1) is 12.8. The molecule has 0 bridgehead atoms. The molecule has 3 N–H and O–H groups in total. The maximum atomic E-state index is 12.3. The van der Waals surface area contributed by atoms with E-state index in [-0.39, 0.29) is 18.1 Å². The Labute approximate surface area is 174 Å². The molecule has 11 heteroatoms. The monoisotopic (exact) mass is 447 g/mol. The van der Waals surface area contributed by atoms with Gasteiger partial charge in [-0.25, -0.2) is 0 Å². The predicted molar refractivity (Wildman–Crippen MR) is 107 cm³/mol. The Hall–Kier alpha value is -1.48. The van der Waals surface area contributed by atoms with Crippen LogP contribution in [0.3, 0.4) is 0 Å². The molecule has 1 aromatic heterocycles. The zero-order chi connectivity index (χ0) is 19.6. The van der Waals surface area contributed by atoms with Gasteiger partial charge in [0.2, 0.25) is 11.8 Å². The van der Waals surface area contributed by atoms with Crippen molar-refractivity contribution >= 4 is 64.1 Å². The number of amides is 2. The van der Waals surface area contributed by atoms with E-state index in [1.165, 1.54) is 23.9 Å².